The number of nitrogens with zero attached hydrogens (tertiary/aromatic N) is 1. The number of hydrogen-bond acceptors (Lipinski definition) is 1. The van der Waals surface area contributed by atoms with Gasteiger partial charge in [0.1, 0.15) is 0 Å². The van der Waals surface area contributed by atoms with Gasteiger partial charge in [-0.05, 0) is 24.0 Å². The van der Waals surface area contributed by atoms with Crippen LogP contribution >= 0.6 is 0 Å². The van der Waals surface area contributed by atoms with E-state index in [4.69, 9.17) is 5.11 Å². The first-order valence-electron chi connectivity index (χ1n) is 4.06. The molecule has 0 bridgehead atoms. The lowest BCUT2D eigenvalue weighted by Crippen LogP contribution is -2.07. The predicted octanol–water partition coefficient (Wildman–Crippen LogP) is 1.14. The van der Waals surface area contributed by atoms with Crippen molar-refractivity contribution >= 4 is 5.97 Å². The molecule has 0 saturated carbocycles. The molecule has 2 rings (SSSR count). The normalized spacial score (nSPS) is 20.9. The van der Waals surface area contributed by atoms with Gasteiger partial charge < -0.3 is 9.67 Å². The van der Waals surface area contributed by atoms with Gasteiger partial charge in [0.2, 0.25) is 0 Å². The van der Waals surface area contributed by atoms with Crippen LogP contribution in [0.1, 0.15) is 23.5 Å². The first-order chi connectivity index (χ1) is 5.68. The largest absolute Gasteiger partial charge is 0.481 e. The topological polar surface area (TPSA) is 42.2 Å². The fourth-order valence-electron chi connectivity index (χ4n) is 1.89. The molecule has 0 saturated heterocycles. The van der Waals surface area contributed by atoms with E-state index in [2.05, 4.69) is 0 Å². The summed E-state index contributed by atoms with van der Waals surface area (Å²) in [5, 5.41) is 8.86. The van der Waals surface area contributed by atoms with Gasteiger partial charge in [-0.25, -0.2) is 0 Å². The van der Waals surface area contributed by atoms with Crippen LogP contribution in [0.3, 0.4) is 0 Å². The fraction of sp³-hybridized carbons (Fsp3) is 0.444. The van der Waals surface area contributed by atoms with Crippen LogP contribution in [0.25, 0.3) is 0 Å². The van der Waals surface area contributed by atoms with E-state index < -0.39 is 5.97 Å². The molecule has 0 aromatic carbocycles. The smallest absolute Gasteiger partial charge is 0.311 e. The van der Waals surface area contributed by atoms with Gasteiger partial charge in [0.25, 0.3) is 0 Å². The third kappa shape index (κ3) is 0.932. The molecule has 64 valence electrons. The molecule has 12 heavy (non-hydrogen) atoms. The van der Waals surface area contributed by atoms with Crippen molar-refractivity contribution in [3.8, 4) is 0 Å². The third-order valence-corrected chi connectivity index (χ3v) is 2.45. The molecule has 1 unspecified atom stereocenters. The van der Waals surface area contributed by atoms with Gasteiger partial charge in [0.05, 0.1) is 5.92 Å². The number of hydrogen-bond donors (Lipinski definition) is 1. The first kappa shape index (κ1) is 7.40. The molecular weight excluding hydrogens is 154 g/mol. The maximum Gasteiger partial charge on any atom is 0.311 e. The van der Waals surface area contributed by atoms with E-state index in [1.807, 2.05) is 24.0 Å². The average Bonchev–Trinajstić information content (AvgIpc) is 2.43. The van der Waals surface area contributed by atoms with E-state index in [9.17, 15) is 4.79 Å². The predicted molar refractivity (Wildman–Crippen MR) is 44.1 cm³/mol. The minimum absolute atomic E-state index is 0.263. The highest BCUT2D eigenvalue weighted by molar-refractivity contribution is 5.77. The lowest BCUT2D eigenvalue weighted by molar-refractivity contribution is -0.138. The van der Waals surface area contributed by atoms with Crippen LogP contribution in [0.5, 0.6) is 0 Å². The van der Waals surface area contributed by atoms with Gasteiger partial charge in [0, 0.05) is 19.4 Å². The van der Waals surface area contributed by atoms with E-state index in [0.29, 0.717) is 0 Å². The zero-order valence-corrected chi connectivity index (χ0v) is 6.95. The molecule has 0 aliphatic heterocycles. The second-order valence-electron chi connectivity index (χ2n) is 3.33. The Kier molecular flexibility index (Phi) is 1.46. The van der Waals surface area contributed by atoms with Crippen LogP contribution in [-0.4, -0.2) is 15.6 Å². The van der Waals surface area contributed by atoms with Crippen LogP contribution in [0.2, 0.25) is 0 Å². The van der Waals surface area contributed by atoms with E-state index in [0.717, 1.165) is 18.4 Å². The van der Waals surface area contributed by atoms with Gasteiger partial charge in [-0.1, -0.05) is 0 Å². The molecule has 3 heteroatoms. The number of aromatic nitrogens is 1. The average molecular weight is 165 g/mol. The second kappa shape index (κ2) is 2.37. The van der Waals surface area contributed by atoms with Gasteiger partial charge in [-0.3, -0.25) is 4.79 Å². The van der Waals surface area contributed by atoms with Crippen LogP contribution in [0, 0.1) is 0 Å². The molecule has 0 radical (unpaired) electrons. The molecule has 0 fully saturated rings. The summed E-state index contributed by atoms with van der Waals surface area (Å²) in [6.45, 7) is 0. The van der Waals surface area contributed by atoms with E-state index in [1.165, 1.54) is 5.56 Å². The number of fused-ring (bicyclic) bond motifs is 1. The summed E-state index contributed by atoms with van der Waals surface area (Å²) in [5.74, 6) is -0.957. The molecule has 1 aliphatic carbocycles. The maximum absolute atomic E-state index is 10.8. The van der Waals surface area contributed by atoms with Gasteiger partial charge in [-0.15, -0.1) is 0 Å². The lowest BCUT2D eigenvalue weighted by atomic mass is 10.1. The highest BCUT2D eigenvalue weighted by Gasteiger charge is 2.29. The Hall–Kier alpha value is -1.25. The van der Waals surface area contributed by atoms with Gasteiger partial charge in [0.15, 0.2) is 0 Å². The summed E-state index contributed by atoms with van der Waals surface area (Å²) in [5.41, 5.74) is 2.20. The molecule has 1 N–H and O–H groups in total. The molecule has 0 amide bonds. The molecule has 3 nitrogen and oxygen atoms in total. The Labute approximate surface area is 70.6 Å². The monoisotopic (exact) mass is 165 g/mol. The Balaban J connectivity index is 2.41. The van der Waals surface area contributed by atoms with Crippen LogP contribution in [-0.2, 0) is 18.3 Å². The van der Waals surface area contributed by atoms with Crippen molar-refractivity contribution in [1.29, 1.82) is 0 Å². The fourth-order valence-corrected chi connectivity index (χ4v) is 1.89. The molecule has 1 heterocycles. The number of rotatable bonds is 1. The van der Waals surface area contributed by atoms with Gasteiger partial charge >= 0.3 is 5.97 Å². The summed E-state index contributed by atoms with van der Waals surface area (Å²) in [6.07, 6.45) is 5.60. The standard InChI is InChI=1S/C9H11NO2/c1-10-4-6-2-3-7(9(11)12)8(6)5-10/h4-5,7H,2-3H2,1H3,(H,11,12). The van der Waals surface area contributed by atoms with Crippen molar-refractivity contribution in [2.75, 3.05) is 0 Å². The molecule has 1 aliphatic rings. The van der Waals surface area contributed by atoms with Gasteiger partial charge in [-0.2, -0.15) is 0 Å². The highest BCUT2D eigenvalue weighted by atomic mass is 16.4. The highest BCUT2D eigenvalue weighted by Crippen LogP contribution is 2.33. The summed E-state index contributed by atoms with van der Waals surface area (Å²) < 4.78 is 1.93. The number of aryl methyl sites for hydroxylation is 2. The van der Waals surface area contributed by atoms with Crippen molar-refractivity contribution in [3.05, 3.63) is 23.5 Å². The molecule has 1 atom stereocenters. The van der Waals surface area contributed by atoms with Crippen molar-refractivity contribution in [2.45, 2.75) is 18.8 Å². The molecule has 1 aromatic heterocycles. The number of carbonyl (C=O) groups is 1. The summed E-state index contributed by atoms with van der Waals surface area (Å²) >= 11 is 0. The number of aliphatic carboxylic acids is 1. The van der Waals surface area contributed by atoms with Crippen LogP contribution < -0.4 is 0 Å². The number of carboxylic acids is 1. The Morgan fingerprint density at radius 3 is 3.08 bits per heavy atom. The van der Waals surface area contributed by atoms with Crippen LogP contribution in [0.15, 0.2) is 12.4 Å². The van der Waals surface area contributed by atoms with E-state index in [-0.39, 0.29) is 5.92 Å². The SMILES string of the molecule is Cn1cc2c(c1)C(C(=O)O)CC2. The minimum atomic E-state index is -0.694. The summed E-state index contributed by atoms with van der Waals surface area (Å²) in [7, 11) is 1.93. The zero-order valence-electron chi connectivity index (χ0n) is 6.95. The van der Waals surface area contributed by atoms with E-state index >= 15 is 0 Å². The van der Waals surface area contributed by atoms with E-state index in [1.54, 1.807) is 0 Å². The van der Waals surface area contributed by atoms with Crippen molar-refractivity contribution in [1.82, 2.24) is 4.57 Å². The Morgan fingerprint density at radius 2 is 2.42 bits per heavy atom. The molecule has 0 spiro atoms. The summed E-state index contributed by atoms with van der Waals surface area (Å²) in [6, 6.07) is 0. The third-order valence-electron chi connectivity index (χ3n) is 2.45. The lowest BCUT2D eigenvalue weighted by Gasteiger charge is -2.01. The molecule has 1 aromatic rings. The second-order valence-corrected chi connectivity index (χ2v) is 3.33. The first-order valence-corrected chi connectivity index (χ1v) is 4.06. The van der Waals surface area contributed by atoms with Crippen molar-refractivity contribution < 1.29 is 9.90 Å². The quantitative estimate of drug-likeness (QED) is 0.678. The van der Waals surface area contributed by atoms with Crippen molar-refractivity contribution in [2.24, 2.45) is 7.05 Å². The van der Waals surface area contributed by atoms with Crippen molar-refractivity contribution in [3.63, 3.8) is 0 Å². The Bertz CT molecular complexity index is 327. The number of carboxylic acid groups (broad SMARTS) is 1. The maximum atomic E-state index is 10.8. The van der Waals surface area contributed by atoms with Crippen LogP contribution in [0.4, 0.5) is 0 Å². The summed E-state index contributed by atoms with van der Waals surface area (Å²) in [4.78, 5) is 10.8. The minimum Gasteiger partial charge on any atom is -0.481 e. The Morgan fingerprint density at radius 1 is 1.67 bits per heavy atom. The zero-order chi connectivity index (χ0) is 8.72. The molecular formula is C9H11NO2.